The number of carbonyl (C=O) groups excluding carboxylic acids is 1. The van der Waals surface area contributed by atoms with Gasteiger partial charge in [0.2, 0.25) is 0 Å². The largest absolute Gasteiger partial charge is 0.508 e. The van der Waals surface area contributed by atoms with Crippen molar-refractivity contribution in [3.8, 4) is 5.75 Å². The Balaban J connectivity index is 1.91. The van der Waals surface area contributed by atoms with Gasteiger partial charge in [0.15, 0.2) is 0 Å². The molecule has 1 unspecified atom stereocenters. The lowest BCUT2D eigenvalue weighted by molar-refractivity contribution is -0.141. The van der Waals surface area contributed by atoms with E-state index < -0.39 is 0 Å². The number of anilines is 1. The van der Waals surface area contributed by atoms with E-state index >= 15 is 0 Å². The zero-order valence-electron chi connectivity index (χ0n) is 9.90. The summed E-state index contributed by atoms with van der Waals surface area (Å²) in [5.74, 6) is 0.0377. The highest BCUT2D eigenvalue weighted by molar-refractivity contribution is 5.65. The molecule has 4 heteroatoms. The van der Waals surface area contributed by atoms with E-state index in [4.69, 9.17) is 4.74 Å². The zero-order chi connectivity index (χ0) is 12.3. The number of phenolic OH excluding ortho intramolecular Hbond substituents is 1. The molecule has 17 heavy (non-hydrogen) atoms. The number of aromatic hydroxyl groups is 1. The first-order chi connectivity index (χ1) is 8.15. The van der Waals surface area contributed by atoms with Crippen LogP contribution in [0.4, 0.5) is 5.69 Å². The maximum absolute atomic E-state index is 10.7. The number of hydrogen-bond acceptors (Lipinski definition) is 4. The number of ether oxygens (including phenoxy) is 1. The average Bonchev–Trinajstić information content (AvgIpc) is 2.28. The van der Waals surface area contributed by atoms with Gasteiger partial charge in [0, 0.05) is 31.1 Å². The van der Waals surface area contributed by atoms with Crippen molar-refractivity contribution >= 4 is 11.7 Å². The standard InChI is InChI=1S/C13H17NO3/c1-9(15)17-7-6-11-4-2-10-3-5-12(16)8-13(10)14-11/h3,5,8,11,14,16H,2,4,6-7H2,1H3. The molecule has 2 N–H and O–H groups in total. The molecule has 1 aromatic carbocycles. The SMILES string of the molecule is CC(=O)OCCC1CCc2ccc(O)cc2N1. The fourth-order valence-corrected chi connectivity index (χ4v) is 2.10. The molecular formula is C13H17NO3. The molecule has 0 radical (unpaired) electrons. The highest BCUT2D eigenvalue weighted by Crippen LogP contribution is 2.29. The highest BCUT2D eigenvalue weighted by atomic mass is 16.5. The van der Waals surface area contributed by atoms with Crippen molar-refractivity contribution < 1.29 is 14.6 Å². The highest BCUT2D eigenvalue weighted by Gasteiger charge is 2.17. The van der Waals surface area contributed by atoms with Gasteiger partial charge in [-0.1, -0.05) is 6.07 Å². The average molecular weight is 235 g/mol. The summed E-state index contributed by atoms with van der Waals surface area (Å²) in [6.45, 7) is 1.86. The van der Waals surface area contributed by atoms with Gasteiger partial charge in [-0.3, -0.25) is 4.79 Å². The first-order valence-electron chi connectivity index (χ1n) is 5.87. The normalized spacial score (nSPS) is 18.1. The number of nitrogens with one attached hydrogen (secondary N) is 1. The molecule has 1 atom stereocenters. The van der Waals surface area contributed by atoms with Crippen LogP contribution in [-0.4, -0.2) is 23.7 Å². The molecule has 0 aromatic heterocycles. The minimum atomic E-state index is -0.237. The molecule has 1 aliphatic heterocycles. The molecular weight excluding hydrogens is 218 g/mol. The van der Waals surface area contributed by atoms with Gasteiger partial charge in [0.1, 0.15) is 5.75 Å². The Kier molecular flexibility index (Phi) is 3.52. The molecule has 0 saturated carbocycles. The summed E-state index contributed by atoms with van der Waals surface area (Å²) in [6, 6.07) is 5.70. The second-order valence-corrected chi connectivity index (χ2v) is 4.35. The smallest absolute Gasteiger partial charge is 0.302 e. The monoisotopic (exact) mass is 235 g/mol. The second-order valence-electron chi connectivity index (χ2n) is 4.35. The summed E-state index contributed by atoms with van der Waals surface area (Å²) < 4.78 is 4.93. The van der Waals surface area contributed by atoms with Crippen LogP contribution in [-0.2, 0) is 16.0 Å². The molecule has 1 heterocycles. The molecule has 1 aromatic rings. The van der Waals surface area contributed by atoms with Crippen LogP contribution < -0.4 is 5.32 Å². The lowest BCUT2D eigenvalue weighted by Gasteiger charge is -2.27. The molecule has 2 rings (SSSR count). The third-order valence-electron chi connectivity index (χ3n) is 2.99. The number of carbonyl (C=O) groups is 1. The molecule has 1 aliphatic rings. The zero-order valence-corrected chi connectivity index (χ0v) is 9.90. The van der Waals surface area contributed by atoms with Crippen molar-refractivity contribution in [2.75, 3.05) is 11.9 Å². The lowest BCUT2D eigenvalue weighted by Crippen LogP contribution is -2.27. The van der Waals surface area contributed by atoms with Crippen molar-refractivity contribution in [3.05, 3.63) is 23.8 Å². The van der Waals surface area contributed by atoms with Gasteiger partial charge >= 0.3 is 5.97 Å². The predicted octanol–water partition coefficient (Wildman–Crippen LogP) is 2.07. The van der Waals surface area contributed by atoms with Crippen molar-refractivity contribution in [3.63, 3.8) is 0 Å². The second kappa shape index (κ2) is 5.08. The van der Waals surface area contributed by atoms with E-state index in [1.165, 1.54) is 12.5 Å². The van der Waals surface area contributed by atoms with Gasteiger partial charge in [0.05, 0.1) is 6.61 Å². The lowest BCUT2D eigenvalue weighted by atomic mass is 9.96. The summed E-state index contributed by atoms with van der Waals surface area (Å²) in [4.78, 5) is 10.7. The predicted molar refractivity (Wildman–Crippen MR) is 65.1 cm³/mol. The van der Waals surface area contributed by atoms with Crippen LogP contribution in [0.15, 0.2) is 18.2 Å². The third-order valence-corrected chi connectivity index (χ3v) is 2.99. The molecule has 0 saturated heterocycles. The Morgan fingerprint density at radius 2 is 2.41 bits per heavy atom. The van der Waals surface area contributed by atoms with E-state index in [2.05, 4.69) is 5.32 Å². The van der Waals surface area contributed by atoms with Crippen LogP contribution >= 0.6 is 0 Å². The number of esters is 1. The molecule has 4 nitrogen and oxygen atoms in total. The van der Waals surface area contributed by atoms with E-state index in [1.54, 1.807) is 12.1 Å². The molecule has 0 aliphatic carbocycles. The molecule has 0 fully saturated rings. The Labute approximate surface area is 101 Å². The van der Waals surface area contributed by atoms with Gasteiger partial charge in [-0.2, -0.15) is 0 Å². The fraction of sp³-hybridized carbons (Fsp3) is 0.462. The maximum Gasteiger partial charge on any atom is 0.302 e. The summed E-state index contributed by atoms with van der Waals surface area (Å²) in [5.41, 5.74) is 2.22. The Hall–Kier alpha value is -1.71. The van der Waals surface area contributed by atoms with Crippen LogP contribution in [0.5, 0.6) is 5.75 Å². The van der Waals surface area contributed by atoms with Crippen molar-refractivity contribution in [2.24, 2.45) is 0 Å². The summed E-state index contributed by atoms with van der Waals surface area (Å²) in [7, 11) is 0. The van der Waals surface area contributed by atoms with Crippen molar-refractivity contribution in [2.45, 2.75) is 32.2 Å². The van der Waals surface area contributed by atoms with Crippen LogP contribution in [0, 0.1) is 0 Å². The van der Waals surface area contributed by atoms with Crippen LogP contribution in [0.25, 0.3) is 0 Å². The first kappa shape index (κ1) is 11.8. The van der Waals surface area contributed by atoms with Crippen LogP contribution in [0.3, 0.4) is 0 Å². The number of rotatable bonds is 3. The Morgan fingerprint density at radius 1 is 1.59 bits per heavy atom. The number of fused-ring (bicyclic) bond motifs is 1. The van der Waals surface area contributed by atoms with E-state index in [9.17, 15) is 9.90 Å². The van der Waals surface area contributed by atoms with Crippen molar-refractivity contribution in [1.82, 2.24) is 0 Å². The molecule has 0 spiro atoms. The quantitative estimate of drug-likeness (QED) is 0.787. The molecule has 92 valence electrons. The number of phenols is 1. The van der Waals surface area contributed by atoms with E-state index in [0.717, 1.165) is 24.9 Å². The Morgan fingerprint density at radius 3 is 3.18 bits per heavy atom. The summed E-state index contributed by atoms with van der Waals surface area (Å²) >= 11 is 0. The minimum Gasteiger partial charge on any atom is -0.508 e. The Bertz CT molecular complexity index is 417. The van der Waals surface area contributed by atoms with E-state index in [1.807, 2.05) is 6.07 Å². The first-order valence-corrected chi connectivity index (χ1v) is 5.87. The molecule has 0 amide bonds. The van der Waals surface area contributed by atoms with E-state index in [0.29, 0.717) is 12.6 Å². The number of aryl methyl sites for hydroxylation is 1. The summed E-state index contributed by atoms with van der Waals surface area (Å²) in [6.07, 6.45) is 2.82. The van der Waals surface area contributed by atoms with Gasteiger partial charge in [-0.25, -0.2) is 0 Å². The van der Waals surface area contributed by atoms with Crippen molar-refractivity contribution in [1.29, 1.82) is 0 Å². The number of benzene rings is 1. The topological polar surface area (TPSA) is 58.6 Å². The summed E-state index contributed by atoms with van der Waals surface area (Å²) in [5, 5.41) is 12.8. The maximum atomic E-state index is 10.7. The van der Waals surface area contributed by atoms with Gasteiger partial charge in [-0.05, 0) is 24.5 Å². The van der Waals surface area contributed by atoms with E-state index in [-0.39, 0.29) is 11.7 Å². The van der Waals surface area contributed by atoms with Gasteiger partial charge in [-0.15, -0.1) is 0 Å². The fourth-order valence-electron chi connectivity index (χ4n) is 2.10. The molecule has 0 bridgehead atoms. The van der Waals surface area contributed by atoms with Crippen LogP contribution in [0.2, 0.25) is 0 Å². The van der Waals surface area contributed by atoms with Crippen LogP contribution in [0.1, 0.15) is 25.3 Å². The third kappa shape index (κ3) is 3.12. The van der Waals surface area contributed by atoms with Gasteiger partial charge < -0.3 is 15.2 Å². The van der Waals surface area contributed by atoms with Gasteiger partial charge in [0.25, 0.3) is 0 Å². The minimum absolute atomic E-state index is 0.237. The number of hydrogen-bond donors (Lipinski definition) is 2.